The largest absolute Gasteiger partial charge is 0.312 e. The van der Waals surface area contributed by atoms with Crippen molar-refractivity contribution in [3.05, 3.63) is 0 Å². The third-order valence-electron chi connectivity index (χ3n) is 4.48. The van der Waals surface area contributed by atoms with Crippen LogP contribution in [0.1, 0.15) is 72.6 Å². The summed E-state index contributed by atoms with van der Waals surface area (Å²) in [6.45, 7) is 11.6. The highest BCUT2D eigenvalue weighted by molar-refractivity contribution is 4.79. The second-order valence-corrected chi connectivity index (χ2v) is 7.55. The number of hydrogen-bond acceptors (Lipinski definition) is 2. The van der Waals surface area contributed by atoms with Crippen LogP contribution >= 0.6 is 0 Å². The third-order valence-corrected chi connectivity index (χ3v) is 4.48. The Morgan fingerprint density at radius 2 is 1.74 bits per heavy atom. The van der Waals surface area contributed by atoms with Crippen molar-refractivity contribution < 1.29 is 0 Å². The minimum absolute atomic E-state index is 0.272. The van der Waals surface area contributed by atoms with Crippen LogP contribution in [0.3, 0.4) is 0 Å². The van der Waals surface area contributed by atoms with Gasteiger partial charge in [0.1, 0.15) is 0 Å². The average molecular weight is 268 g/mol. The fourth-order valence-corrected chi connectivity index (χ4v) is 3.24. The molecule has 1 aliphatic rings. The summed E-state index contributed by atoms with van der Waals surface area (Å²) in [6, 6.07) is 0.849. The fourth-order valence-electron chi connectivity index (χ4n) is 3.24. The Kier molecular flexibility index (Phi) is 7.38. The van der Waals surface area contributed by atoms with Gasteiger partial charge in [-0.3, -0.25) is 0 Å². The van der Waals surface area contributed by atoms with E-state index >= 15 is 0 Å². The Bertz CT molecular complexity index is 232. The van der Waals surface area contributed by atoms with Crippen molar-refractivity contribution in [2.24, 2.45) is 5.92 Å². The molecule has 0 bridgehead atoms. The summed E-state index contributed by atoms with van der Waals surface area (Å²) < 4.78 is 0. The zero-order valence-corrected chi connectivity index (χ0v) is 14.0. The number of rotatable bonds is 7. The molecule has 0 spiro atoms. The first-order chi connectivity index (χ1) is 8.90. The molecule has 1 fully saturated rings. The maximum atomic E-state index is 3.57. The lowest BCUT2D eigenvalue weighted by molar-refractivity contribution is 0.137. The molecular formula is C17H36N2. The molecule has 2 heteroatoms. The van der Waals surface area contributed by atoms with Gasteiger partial charge in [0, 0.05) is 11.6 Å². The van der Waals surface area contributed by atoms with Crippen molar-refractivity contribution in [2.75, 3.05) is 20.1 Å². The molecule has 0 heterocycles. The highest BCUT2D eigenvalue weighted by Crippen LogP contribution is 2.27. The van der Waals surface area contributed by atoms with E-state index in [0.717, 1.165) is 18.5 Å². The van der Waals surface area contributed by atoms with Crippen LogP contribution < -0.4 is 5.32 Å². The predicted octanol–water partition coefficient (Wildman–Crippen LogP) is 4.06. The maximum absolute atomic E-state index is 3.57. The Balaban J connectivity index is 2.05. The zero-order chi connectivity index (χ0) is 14.3. The lowest BCUT2D eigenvalue weighted by Gasteiger charge is -2.36. The van der Waals surface area contributed by atoms with Gasteiger partial charge in [0.25, 0.3) is 0 Å². The van der Waals surface area contributed by atoms with Gasteiger partial charge >= 0.3 is 0 Å². The number of hydrogen-bond donors (Lipinski definition) is 1. The van der Waals surface area contributed by atoms with Gasteiger partial charge in [-0.05, 0) is 72.5 Å². The Morgan fingerprint density at radius 3 is 2.37 bits per heavy atom. The van der Waals surface area contributed by atoms with E-state index in [9.17, 15) is 0 Å². The van der Waals surface area contributed by atoms with Gasteiger partial charge in [-0.1, -0.05) is 26.2 Å². The van der Waals surface area contributed by atoms with Crippen LogP contribution in [0.2, 0.25) is 0 Å². The predicted molar refractivity (Wildman–Crippen MR) is 85.7 cm³/mol. The summed E-state index contributed by atoms with van der Waals surface area (Å²) in [6.07, 6.45) is 9.76. The molecule has 1 aliphatic carbocycles. The smallest absolute Gasteiger partial charge is 0.0118 e. The molecule has 0 aromatic rings. The summed E-state index contributed by atoms with van der Waals surface area (Å²) in [4.78, 5) is 2.63. The first-order valence-electron chi connectivity index (χ1n) is 8.35. The summed E-state index contributed by atoms with van der Waals surface area (Å²) in [5.74, 6) is 0.904. The molecule has 0 amide bonds. The summed E-state index contributed by atoms with van der Waals surface area (Å²) >= 11 is 0. The summed E-state index contributed by atoms with van der Waals surface area (Å²) in [5.41, 5.74) is 0.272. The molecular weight excluding hydrogens is 232 g/mol. The van der Waals surface area contributed by atoms with E-state index in [-0.39, 0.29) is 5.54 Å². The summed E-state index contributed by atoms with van der Waals surface area (Å²) in [5, 5.41) is 3.57. The van der Waals surface area contributed by atoms with E-state index < -0.39 is 0 Å². The minimum atomic E-state index is 0.272. The van der Waals surface area contributed by atoms with E-state index in [1.165, 1.54) is 51.5 Å². The van der Waals surface area contributed by atoms with E-state index in [1.54, 1.807) is 0 Å². The van der Waals surface area contributed by atoms with E-state index in [4.69, 9.17) is 0 Å². The second kappa shape index (κ2) is 8.26. The van der Waals surface area contributed by atoms with Crippen LogP contribution in [0.5, 0.6) is 0 Å². The van der Waals surface area contributed by atoms with E-state index in [1.807, 2.05) is 0 Å². The van der Waals surface area contributed by atoms with Crippen LogP contribution in [-0.2, 0) is 0 Å². The van der Waals surface area contributed by atoms with Gasteiger partial charge in [-0.15, -0.1) is 0 Å². The molecule has 1 rings (SSSR count). The van der Waals surface area contributed by atoms with Crippen LogP contribution in [0, 0.1) is 5.92 Å². The van der Waals surface area contributed by atoms with Crippen LogP contribution in [0.25, 0.3) is 0 Å². The van der Waals surface area contributed by atoms with E-state index in [0.29, 0.717) is 0 Å². The van der Waals surface area contributed by atoms with Gasteiger partial charge in [0.15, 0.2) is 0 Å². The standard InChI is InChI=1S/C17H36N2/c1-15-11-7-8-12-16(15)19(5)14-10-6-9-13-18-17(2,3)4/h15-16,18H,6-14H2,1-5H3. The molecule has 2 nitrogen and oxygen atoms in total. The van der Waals surface area contributed by atoms with Gasteiger partial charge in [0.05, 0.1) is 0 Å². The van der Waals surface area contributed by atoms with Crippen molar-refractivity contribution in [2.45, 2.75) is 84.2 Å². The third kappa shape index (κ3) is 7.31. The molecule has 1 saturated carbocycles. The van der Waals surface area contributed by atoms with Crippen LogP contribution in [-0.4, -0.2) is 36.6 Å². The number of nitrogens with one attached hydrogen (secondary N) is 1. The van der Waals surface area contributed by atoms with Crippen molar-refractivity contribution >= 4 is 0 Å². The molecule has 0 aromatic heterocycles. The number of nitrogens with zero attached hydrogens (tertiary/aromatic N) is 1. The lowest BCUT2D eigenvalue weighted by Crippen LogP contribution is -2.39. The highest BCUT2D eigenvalue weighted by atomic mass is 15.1. The lowest BCUT2D eigenvalue weighted by atomic mass is 9.85. The van der Waals surface area contributed by atoms with Gasteiger partial charge in [0.2, 0.25) is 0 Å². The minimum Gasteiger partial charge on any atom is -0.312 e. The second-order valence-electron chi connectivity index (χ2n) is 7.55. The van der Waals surface area contributed by atoms with Crippen molar-refractivity contribution in [3.63, 3.8) is 0 Å². The van der Waals surface area contributed by atoms with Gasteiger partial charge < -0.3 is 10.2 Å². The topological polar surface area (TPSA) is 15.3 Å². The molecule has 0 radical (unpaired) electrons. The van der Waals surface area contributed by atoms with Crippen molar-refractivity contribution in [1.82, 2.24) is 10.2 Å². The van der Waals surface area contributed by atoms with Gasteiger partial charge in [-0.25, -0.2) is 0 Å². The Hall–Kier alpha value is -0.0800. The summed E-state index contributed by atoms with van der Waals surface area (Å²) in [7, 11) is 2.33. The molecule has 19 heavy (non-hydrogen) atoms. The molecule has 1 N–H and O–H groups in total. The van der Waals surface area contributed by atoms with Gasteiger partial charge in [-0.2, -0.15) is 0 Å². The Morgan fingerprint density at radius 1 is 1.05 bits per heavy atom. The normalized spacial score (nSPS) is 24.9. The maximum Gasteiger partial charge on any atom is 0.0118 e. The monoisotopic (exact) mass is 268 g/mol. The average Bonchev–Trinajstić information content (AvgIpc) is 2.32. The fraction of sp³-hybridized carbons (Fsp3) is 1.00. The molecule has 0 aromatic carbocycles. The van der Waals surface area contributed by atoms with E-state index in [2.05, 4.69) is 45.0 Å². The van der Waals surface area contributed by atoms with Crippen molar-refractivity contribution in [1.29, 1.82) is 0 Å². The first-order valence-corrected chi connectivity index (χ1v) is 8.35. The van der Waals surface area contributed by atoms with Crippen LogP contribution in [0.15, 0.2) is 0 Å². The quantitative estimate of drug-likeness (QED) is 0.701. The molecule has 114 valence electrons. The highest BCUT2D eigenvalue weighted by Gasteiger charge is 2.24. The number of unbranched alkanes of at least 4 members (excludes halogenated alkanes) is 2. The molecule has 2 unspecified atom stereocenters. The SMILES string of the molecule is CC1CCCCC1N(C)CCCCCNC(C)(C)C. The molecule has 0 aliphatic heterocycles. The van der Waals surface area contributed by atoms with Crippen molar-refractivity contribution in [3.8, 4) is 0 Å². The first kappa shape index (κ1) is 17.0. The van der Waals surface area contributed by atoms with Crippen LogP contribution in [0.4, 0.5) is 0 Å². The molecule has 2 atom stereocenters. The Labute approximate surface area is 121 Å². The molecule has 0 saturated heterocycles. The zero-order valence-electron chi connectivity index (χ0n) is 14.0.